The van der Waals surface area contributed by atoms with Crippen molar-refractivity contribution in [1.29, 1.82) is 0 Å². The van der Waals surface area contributed by atoms with Gasteiger partial charge in [0.05, 0.1) is 24.2 Å². The molecule has 152 valence electrons. The average Bonchev–Trinajstić information content (AvgIpc) is 2.94. The Labute approximate surface area is 173 Å². The standard InChI is InChI=1S/C21H23ClN4O3/c1-24-17-8-7-16(13-18(17)25(2)21(24)28)23-20(27)19(26-9-11-29-12-10-26)14-3-5-15(22)6-4-14/h3-8,13,19H,9-12H2,1-2H3,(H,23,27). The number of carbonyl (C=O) groups is 1. The van der Waals surface area contributed by atoms with Crippen LogP contribution in [0.3, 0.4) is 0 Å². The lowest BCUT2D eigenvalue weighted by molar-refractivity contribution is -0.123. The number of imidazole rings is 1. The third kappa shape index (κ3) is 3.81. The first-order valence-electron chi connectivity index (χ1n) is 9.49. The zero-order chi connectivity index (χ0) is 20.5. The van der Waals surface area contributed by atoms with Crippen LogP contribution in [0.15, 0.2) is 47.3 Å². The molecule has 1 unspecified atom stereocenters. The predicted octanol–water partition coefficient (Wildman–Crippen LogP) is 2.54. The fraction of sp³-hybridized carbons (Fsp3) is 0.333. The quantitative estimate of drug-likeness (QED) is 0.712. The summed E-state index contributed by atoms with van der Waals surface area (Å²) in [5.41, 5.74) is 3.01. The van der Waals surface area contributed by atoms with Crippen LogP contribution >= 0.6 is 11.6 Å². The molecule has 1 amide bonds. The van der Waals surface area contributed by atoms with Crippen LogP contribution < -0.4 is 11.0 Å². The zero-order valence-corrected chi connectivity index (χ0v) is 17.1. The molecular formula is C21H23ClN4O3. The largest absolute Gasteiger partial charge is 0.379 e. The van der Waals surface area contributed by atoms with E-state index in [1.165, 1.54) is 0 Å². The number of carbonyl (C=O) groups excluding carboxylic acids is 1. The van der Waals surface area contributed by atoms with Gasteiger partial charge in [-0.2, -0.15) is 0 Å². The van der Waals surface area contributed by atoms with E-state index in [1.807, 2.05) is 30.3 Å². The number of morpholine rings is 1. The van der Waals surface area contributed by atoms with E-state index in [-0.39, 0.29) is 11.6 Å². The van der Waals surface area contributed by atoms with Crippen LogP contribution in [0, 0.1) is 0 Å². The summed E-state index contributed by atoms with van der Waals surface area (Å²) in [6, 6.07) is 12.4. The highest BCUT2D eigenvalue weighted by atomic mass is 35.5. The molecule has 0 spiro atoms. The smallest absolute Gasteiger partial charge is 0.328 e. The number of amides is 1. The van der Waals surface area contributed by atoms with Crippen LogP contribution in [0.4, 0.5) is 5.69 Å². The molecule has 2 heterocycles. The van der Waals surface area contributed by atoms with Gasteiger partial charge in [-0.05, 0) is 35.9 Å². The van der Waals surface area contributed by atoms with Crippen molar-refractivity contribution in [3.05, 3.63) is 63.5 Å². The maximum absolute atomic E-state index is 13.3. The van der Waals surface area contributed by atoms with Crippen molar-refractivity contribution in [2.75, 3.05) is 31.6 Å². The zero-order valence-electron chi connectivity index (χ0n) is 16.4. The molecular weight excluding hydrogens is 392 g/mol. The normalized spacial score (nSPS) is 16.1. The van der Waals surface area contributed by atoms with Gasteiger partial charge in [0.25, 0.3) is 0 Å². The Morgan fingerprint density at radius 2 is 1.69 bits per heavy atom. The summed E-state index contributed by atoms with van der Waals surface area (Å²) >= 11 is 6.03. The minimum Gasteiger partial charge on any atom is -0.379 e. The Balaban J connectivity index is 1.65. The number of rotatable bonds is 4. The molecule has 7 nitrogen and oxygen atoms in total. The number of hydrogen-bond donors (Lipinski definition) is 1. The number of ether oxygens (including phenoxy) is 1. The Hall–Kier alpha value is -2.61. The van der Waals surface area contributed by atoms with Crippen LogP contribution in [0.5, 0.6) is 0 Å². The van der Waals surface area contributed by atoms with Crippen LogP contribution in [-0.4, -0.2) is 46.2 Å². The van der Waals surface area contributed by atoms with E-state index in [0.717, 1.165) is 16.6 Å². The highest BCUT2D eigenvalue weighted by Gasteiger charge is 2.29. The topological polar surface area (TPSA) is 68.5 Å². The average molecular weight is 415 g/mol. The molecule has 4 rings (SSSR count). The van der Waals surface area contributed by atoms with Crippen molar-refractivity contribution in [2.24, 2.45) is 14.1 Å². The number of hydrogen-bond acceptors (Lipinski definition) is 4. The predicted molar refractivity (Wildman–Crippen MR) is 113 cm³/mol. The molecule has 1 saturated heterocycles. The first kappa shape index (κ1) is 19.7. The lowest BCUT2D eigenvalue weighted by Gasteiger charge is -2.33. The number of aromatic nitrogens is 2. The number of anilines is 1. The molecule has 1 aliphatic rings. The molecule has 1 atom stereocenters. The van der Waals surface area contributed by atoms with Gasteiger partial charge in [-0.25, -0.2) is 4.79 Å². The molecule has 29 heavy (non-hydrogen) atoms. The van der Waals surface area contributed by atoms with Gasteiger partial charge < -0.3 is 10.1 Å². The van der Waals surface area contributed by atoms with Crippen molar-refractivity contribution in [3.63, 3.8) is 0 Å². The molecule has 1 fully saturated rings. The second kappa shape index (κ2) is 8.02. The van der Waals surface area contributed by atoms with Crippen LogP contribution in [0.25, 0.3) is 11.0 Å². The second-order valence-electron chi connectivity index (χ2n) is 7.20. The monoisotopic (exact) mass is 414 g/mol. The Bertz CT molecular complexity index is 1100. The summed E-state index contributed by atoms with van der Waals surface area (Å²) in [6.45, 7) is 2.53. The van der Waals surface area contributed by atoms with Gasteiger partial charge in [0.1, 0.15) is 6.04 Å². The van der Waals surface area contributed by atoms with E-state index >= 15 is 0 Å². The van der Waals surface area contributed by atoms with Gasteiger partial charge in [0, 0.05) is 37.9 Å². The third-order valence-corrected chi connectivity index (χ3v) is 5.64. The van der Waals surface area contributed by atoms with Crippen LogP contribution in [0.2, 0.25) is 5.02 Å². The van der Waals surface area contributed by atoms with E-state index in [4.69, 9.17) is 16.3 Å². The first-order chi connectivity index (χ1) is 14.0. The highest BCUT2D eigenvalue weighted by Crippen LogP contribution is 2.26. The number of benzene rings is 2. The summed E-state index contributed by atoms with van der Waals surface area (Å²) in [5, 5.41) is 3.65. The van der Waals surface area contributed by atoms with Crippen molar-refractivity contribution in [2.45, 2.75) is 6.04 Å². The fourth-order valence-corrected chi connectivity index (χ4v) is 3.93. The second-order valence-corrected chi connectivity index (χ2v) is 7.63. The minimum absolute atomic E-state index is 0.101. The van der Waals surface area contributed by atoms with E-state index in [1.54, 1.807) is 35.4 Å². The van der Waals surface area contributed by atoms with Gasteiger partial charge in [-0.1, -0.05) is 23.7 Å². The summed E-state index contributed by atoms with van der Waals surface area (Å²) in [7, 11) is 3.46. The Kier molecular flexibility index (Phi) is 5.45. The molecule has 2 aromatic carbocycles. The summed E-state index contributed by atoms with van der Waals surface area (Å²) in [5.74, 6) is -0.130. The molecule has 8 heteroatoms. The van der Waals surface area contributed by atoms with Gasteiger partial charge in [-0.3, -0.25) is 18.8 Å². The Morgan fingerprint density at radius 1 is 1.03 bits per heavy atom. The molecule has 0 aliphatic carbocycles. The van der Waals surface area contributed by atoms with E-state index in [2.05, 4.69) is 10.2 Å². The molecule has 0 bridgehead atoms. The maximum Gasteiger partial charge on any atom is 0.328 e. The number of halogens is 1. The SMILES string of the molecule is Cn1c(=O)n(C)c2cc(NC(=O)C(c3ccc(Cl)cc3)N3CCOCC3)ccc21. The molecule has 3 aromatic rings. The van der Waals surface area contributed by atoms with E-state index < -0.39 is 6.04 Å². The first-order valence-corrected chi connectivity index (χ1v) is 9.87. The van der Waals surface area contributed by atoms with Gasteiger partial charge >= 0.3 is 5.69 Å². The third-order valence-electron chi connectivity index (χ3n) is 5.38. The molecule has 1 aliphatic heterocycles. The molecule has 0 saturated carbocycles. The van der Waals surface area contributed by atoms with Gasteiger partial charge in [-0.15, -0.1) is 0 Å². The molecule has 1 aromatic heterocycles. The number of nitrogens with zero attached hydrogens (tertiary/aromatic N) is 3. The Morgan fingerprint density at radius 3 is 2.38 bits per heavy atom. The van der Waals surface area contributed by atoms with Crippen molar-refractivity contribution in [3.8, 4) is 0 Å². The molecule has 0 radical (unpaired) electrons. The van der Waals surface area contributed by atoms with Crippen LogP contribution in [0.1, 0.15) is 11.6 Å². The fourth-order valence-electron chi connectivity index (χ4n) is 3.80. The van der Waals surface area contributed by atoms with Crippen molar-refractivity contribution < 1.29 is 9.53 Å². The lowest BCUT2D eigenvalue weighted by atomic mass is 10.0. The number of fused-ring (bicyclic) bond motifs is 1. The van der Waals surface area contributed by atoms with E-state index in [9.17, 15) is 9.59 Å². The van der Waals surface area contributed by atoms with Gasteiger partial charge in [0.2, 0.25) is 5.91 Å². The maximum atomic E-state index is 13.3. The summed E-state index contributed by atoms with van der Waals surface area (Å²) in [4.78, 5) is 27.6. The lowest BCUT2D eigenvalue weighted by Crippen LogP contribution is -2.43. The van der Waals surface area contributed by atoms with Gasteiger partial charge in [0.15, 0.2) is 0 Å². The summed E-state index contributed by atoms with van der Waals surface area (Å²) in [6.07, 6.45) is 0. The van der Waals surface area contributed by atoms with Crippen molar-refractivity contribution >= 4 is 34.2 Å². The summed E-state index contributed by atoms with van der Waals surface area (Å²) < 4.78 is 8.61. The molecule has 1 N–H and O–H groups in total. The van der Waals surface area contributed by atoms with Crippen molar-refractivity contribution in [1.82, 2.24) is 14.0 Å². The van der Waals surface area contributed by atoms with E-state index in [0.29, 0.717) is 37.0 Å². The number of aryl methyl sites for hydroxylation is 2. The highest BCUT2D eigenvalue weighted by molar-refractivity contribution is 6.30. The van der Waals surface area contributed by atoms with Crippen LogP contribution in [-0.2, 0) is 23.6 Å². The minimum atomic E-state index is -0.452. The number of nitrogens with one attached hydrogen (secondary N) is 1.